The zero-order chi connectivity index (χ0) is 16.8. The maximum Gasteiger partial charge on any atom is 0.224 e. The van der Waals surface area contributed by atoms with Crippen LogP contribution in [0.2, 0.25) is 0 Å². The van der Waals surface area contributed by atoms with Crippen molar-refractivity contribution in [3.05, 3.63) is 34.9 Å². The third kappa shape index (κ3) is 5.07. The second kappa shape index (κ2) is 8.66. The number of hydrogen-bond donors (Lipinski definition) is 1. The molecule has 0 bridgehead atoms. The lowest BCUT2D eigenvalue weighted by Gasteiger charge is -2.30. The van der Waals surface area contributed by atoms with Crippen molar-refractivity contribution in [2.45, 2.75) is 58.3 Å². The van der Waals surface area contributed by atoms with Crippen molar-refractivity contribution >= 4 is 5.91 Å². The molecule has 1 aliphatic heterocycles. The van der Waals surface area contributed by atoms with E-state index in [1.165, 1.54) is 62.7 Å². The van der Waals surface area contributed by atoms with Crippen LogP contribution >= 0.6 is 0 Å². The first kappa shape index (κ1) is 17.5. The van der Waals surface area contributed by atoms with Crippen molar-refractivity contribution in [1.82, 2.24) is 10.2 Å². The zero-order valence-electron chi connectivity index (χ0n) is 15.2. The van der Waals surface area contributed by atoms with E-state index >= 15 is 0 Å². The summed E-state index contributed by atoms with van der Waals surface area (Å²) in [5.74, 6) is 1.05. The van der Waals surface area contributed by atoms with Crippen LogP contribution in [0.1, 0.15) is 55.7 Å². The van der Waals surface area contributed by atoms with Crippen molar-refractivity contribution in [1.29, 1.82) is 0 Å². The maximum absolute atomic E-state index is 12.1. The molecule has 3 nitrogen and oxygen atoms in total. The predicted molar refractivity (Wildman–Crippen MR) is 99.3 cm³/mol. The van der Waals surface area contributed by atoms with Crippen LogP contribution in [-0.4, -0.2) is 37.0 Å². The van der Waals surface area contributed by atoms with Crippen molar-refractivity contribution in [3.63, 3.8) is 0 Å². The van der Waals surface area contributed by atoms with Crippen LogP contribution in [0.5, 0.6) is 0 Å². The molecular weight excluding hydrogens is 296 g/mol. The van der Waals surface area contributed by atoms with Gasteiger partial charge in [-0.15, -0.1) is 0 Å². The minimum atomic E-state index is 0.165. The molecule has 0 spiro atoms. The van der Waals surface area contributed by atoms with Gasteiger partial charge >= 0.3 is 0 Å². The standard InChI is InChI=1S/C21H32N2O/c1-17-9-13-23(14-10-17)12-4-11-22-21(24)16-18-7-8-19-5-2-3-6-20(19)15-18/h7-8,15,17H,2-6,9-14,16H2,1H3,(H,22,24). The summed E-state index contributed by atoms with van der Waals surface area (Å²) in [6.45, 7) is 6.72. The highest BCUT2D eigenvalue weighted by Crippen LogP contribution is 2.22. The van der Waals surface area contributed by atoms with Gasteiger partial charge in [-0.05, 0) is 87.2 Å². The number of nitrogens with one attached hydrogen (secondary N) is 1. The van der Waals surface area contributed by atoms with Gasteiger partial charge in [0.2, 0.25) is 5.91 Å². The second-order valence-corrected chi connectivity index (χ2v) is 7.71. The van der Waals surface area contributed by atoms with E-state index in [0.717, 1.165) is 31.0 Å². The van der Waals surface area contributed by atoms with Gasteiger partial charge in [-0.3, -0.25) is 4.79 Å². The minimum Gasteiger partial charge on any atom is -0.356 e. The van der Waals surface area contributed by atoms with Gasteiger partial charge < -0.3 is 10.2 Å². The number of rotatable bonds is 6. The third-order valence-electron chi connectivity index (χ3n) is 5.63. The molecule has 3 rings (SSSR count). The number of nitrogens with zero attached hydrogens (tertiary/aromatic N) is 1. The van der Waals surface area contributed by atoms with Gasteiger partial charge in [0.25, 0.3) is 0 Å². The Kier molecular flexibility index (Phi) is 6.30. The van der Waals surface area contributed by atoms with Gasteiger partial charge in [0.15, 0.2) is 0 Å². The summed E-state index contributed by atoms with van der Waals surface area (Å²) in [6, 6.07) is 6.62. The Hall–Kier alpha value is -1.35. The van der Waals surface area contributed by atoms with E-state index in [1.54, 1.807) is 0 Å². The lowest BCUT2D eigenvalue weighted by molar-refractivity contribution is -0.120. The molecule has 0 atom stereocenters. The number of hydrogen-bond acceptors (Lipinski definition) is 2. The van der Waals surface area contributed by atoms with Gasteiger partial charge in [0.1, 0.15) is 0 Å². The topological polar surface area (TPSA) is 32.3 Å². The van der Waals surface area contributed by atoms with Gasteiger partial charge in [-0.25, -0.2) is 0 Å². The molecule has 1 saturated heterocycles. The number of piperidine rings is 1. The van der Waals surface area contributed by atoms with Crippen LogP contribution in [0, 0.1) is 5.92 Å². The number of amides is 1. The number of likely N-dealkylation sites (tertiary alicyclic amines) is 1. The Labute approximate surface area is 146 Å². The highest BCUT2D eigenvalue weighted by molar-refractivity contribution is 5.78. The fraction of sp³-hybridized carbons (Fsp3) is 0.667. The molecule has 1 heterocycles. The summed E-state index contributed by atoms with van der Waals surface area (Å²) in [5, 5.41) is 3.09. The summed E-state index contributed by atoms with van der Waals surface area (Å²) in [5.41, 5.74) is 4.12. The van der Waals surface area contributed by atoms with E-state index in [9.17, 15) is 4.79 Å². The quantitative estimate of drug-likeness (QED) is 0.812. The number of aryl methyl sites for hydroxylation is 2. The van der Waals surface area contributed by atoms with Crippen molar-refractivity contribution in [2.75, 3.05) is 26.2 Å². The van der Waals surface area contributed by atoms with Crippen LogP contribution in [0.15, 0.2) is 18.2 Å². The van der Waals surface area contributed by atoms with Gasteiger partial charge in [-0.1, -0.05) is 25.1 Å². The van der Waals surface area contributed by atoms with Gasteiger partial charge in [-0.2, -0.15) is 0 Å². The predicted octanol–water partition coefficient (Wildman–Crippen LogP) is 3.35. The molecule has 24 heavy (non-hydrogen) atoms. The van der Waals surface area contributed by atoms with E-state index in [1.807, 2.05) is 0 Å². The number of carbonyl (C=O) groups excluding carboxylic acids is 1. The van der Waals surface area contributed by atoms with Crippen molar-refractivity contribution in [2.24, 2.45) is 5.92 Å². The largest absolute Gasteiger partial charge is 0.356 e. The molecule has 1 aromatic carbocycles. The van der Waals surface area contributed by atoms with E-state index in [-0.39, 0.29) is 5.91 Å². The van der Waals surface area contributed by atoms with Crippen LogP contribution in [-0.2, 0) is 24.1 Å². The Morgan fingerprint density at radius 3 is 2.71 bits per heavy atom. The molecule has 3 heteroatoms. The molecule has 1 amide bonds. The van der Waals surface area contributed by atoms with Gasteiger partial charge in [0, 0.05) is 6.54 Å². The fourth-order valence-corrected chi connectivity index (χ4v) is 3.96. The zero-order valence-corrected chi connectivity index (χ0v) is 15.2. The van der Waals surface area contributed by atoms with E-state index in [2.05, 4.69) is 35.3 Å². The van der Waals surface area contributed by atoms with Crippen molar-refractivity contribution in [3.8, 4) is 0 Å². The molecule has 1 aliphatic carbocycles. The first-order valence-corrected chi connectivity index (χ1v) is 9.80. The smallest absolute Gasteiger partial charge is 0.224 e. The average molecular weight is 329 g/mol. The summed E-state index contributed by atoms with van der Waals surface area (Å²) >= 11 is 0. The fourth-order valence-electron chi connectivity index (χ4n) is 3.96. The first-order chi connectivity index (χ1) is 11.7. The second-order valence-electron chi connectivity index (χ2n) is 7.71. The Bertz CT molecular complexity index is 547. The molecule has 1 fully saturated rings. The highest BCUT2D eigenvalue weighted by atomic mass is 16.1. The molecular formula is C21H32N2O. The number of benzene rings is 1. The molecule has 2 aliphatic rings. The van der Waals surface area contributed by atoms with E-state index < -0.39 is 0 Å². The molecule has 0 radical (unpaired) electrons. The first-order valence-electron chi connectivity index (χ1n) is 9.80. The Morgan fingerprint density at radius 2 is 1.92 bits per heavy atom. The summed E-state index contributed by atoms with van der Waals surface area (Å²) in [7, 11) is 0. The average Bonchev–Trinajstić information content (AvgIpc) is 2.60. The lowest BCUT2D eigenvalue weighted by atomic mass is 9.90. The molecule has 1 aromatic rings. The maximum atomic E-state index is 12.1. The molecule has 0 saturated carbocycles. The normalized spacial score (nSPS) is 19.0. The Balaban J connectivity index is 1.35. The van der Waals surface area contributed by atoms with Crippen LogP contribution in [0.4, 0.5) is 0 Å². The minimum absolute atomic E-state index is 0.165. The highest BCUT2D eigenvalue weighted by Gasteiger charge is 2.15. The number of fused-ring (bicyclic) bond motifs is 1. The summed E-state index contributed by atoms with van der Waals surface area (Å²) < 4.78 is 0. The molecule has 0 unspecified atom stereocenters. The van der Waals surface area contributed by atoms with Crippen molar-refractivity contribution < 1.29 is 4.79 Å². The van der Waals surface area contributed by atoms with Gasteiger partial charge in [0.05, 0.1) is 6.42 Å². The Morgan fingerprint density at radius 1 is 1.17 bits per heavy atom. The van der Waals surface area contributed by atoms with Crippen LogP contribution in [0.3, 0.4) is 0 Å². The monoisotopic (exact) mass is 328 g/mol. The van der Waals surface area contributed by atoms with Crippen LogP contribution < -0.4 is 5.32 Å². The summed E-state index contributed by atoms with van der Waals surface area (Å²) in [4.78, 5) is 14.7. The third-order valence-corrected chi connectivity index (χ3v) is 5.63. The summed E-state index contributed by atoms with van der Waals surface area (Å²) in [6.07, 6.45) is 9.21. The van der Waals surface area contributed by atoms with E-state index in [4.69, 9.17) is 0 Å². The molecule has 0 aromatic heterocycles. The molecule has 1 N–H and O–H groups in total. The van der Waals surface area contributed by atoms with Crippen LogP contribution in [0.25, 0.3) is 0 Å². The molecule has 132 valence electrons. The van der Waals surface area contributed by atoms with E-state index in [0.29, 0.717) is 6.42 Å². The lowest BCUT2D eigenvalue weighted by Crippen LogP contribution is -2.35. The number of carbonyl (C=O) groups is 1. The SMILES string of the molecule is CC1CCN(CCCNC(=O)Cc2ccc3c(c2)CCCC3)CC1.